The lowest BCUT2D eigenvalue weighted by molar-refractivity contribution is -0.133. The molecule has 1 saturated heterocycles. The minimum atomic E-state index is -0.783. The molecule has 0 spiro atoms. The first-order valence-corrected chi connectivity index (χ1v) is 18.5. The van der Waals surface area contributed by atoms with Crippen LogP contribution in [0.4, 0.5) is 15.6 Å². The molecule has 1 fully saturated rings. The molecule has 52 heavy (non-hydrogen) atoms. The van der Waals surface area contributed by atoms with E-state index in [1.54, 1.807) is 35.6 Å². The largest absolute Gasteiger partial charge is 0.445 e. The Morgan fingerprint density at radius 3 is 2.27 bits per heavy atom. The van der Waals surface area contributed by atoms with Gasteiger partial charge in [-0.2, -0.15) is 0 Å². The number of thiazole rings is 1. The lowest BCUT2D eigenvalue weighted by Gasteiger charge is -2.26. The number of ether oxygens (including phenoxy) is 1. The number of nitrogens with zero attached hydrogens (tertiary/aromatic N) is 3. The molecule has 4 amide bonds. The highest BCUT2D eigenvalue weighted by Gasteiger charge is 2.34. The summed E-state index contributed by atoms with van der Waals surface area (Å²) in [7, 11) is 0. The number of carbonyl (C=O) groups excluding carboxylic acids is 4. The van der Waals surface area contributed by atoms with E-state index >= 15 is 0 Å². The van der Waals surface area contributed by atoms with Gasteiger partial charge in [-0.05, 0) is 66.5 Å². The molecule has 1 aliphatic rings. The second-order valence-corrected chi connectivity index (χ2v) is 14.8. The zero-order chi connectivity index (χ0) is 37.0. The maximum absolute atomic E-state index is 13.8. The summed E-state index contributed by atoms with van der Waals surface area (Å²) in [5.74, 6) is -0.541. The molecular formula is C39H47N7O5S. The average molecular weight is 726 g/mol. The van der Waals surface area contributed by atoms with Crippen LogP contribution >= 0.6 is 11.3 Å². The summed E-state index contributed by atoms with van der Waals surface area (Å²) in [6, 6.07) is 18.5. The Labute approximate surface area is 308 Å². The Bertz CT molecular complexity index is 1780. The van der Waals surface area contributed by atoms with Crippen LogP contribution in [0.15, 0.2) is 85.3 Å². The number of hydrogen-bond donors (Lipinski definition) is 4. The minimum Gasteiger partial charge on any atom is -0.445 e. The van der Waals surface area contributed by atoms with E-state index in [0.717, 1.165) is 26.8 Å². The third-order valence-electron chi connectivity index (χ3n) is 8.55. The summed E-state index contributed by atoms with van der Waals surface area (Å²) in [6.07, 6.45) is 6.00. The van der Waals surface area contributed by atoms with E-state index in [1.807, 2.05) is 82.3 Å². The number of nitrogens with one attached hydrogen (secondary N) is 4. The number of benzene rings is 2. The van der Waals surface area contributed by atoms with Crippen LogP contribution < -0.4 is 21.3 Å². The molecule has 12 nitrogen and oxygen atoms in total. The first kappa shape index (κ1) is 37.9. The van der Waals surface area contributed by atoms with Crippen molar-refractivity contribution in [3.8, 4) is 10.4 Å². The molecule has 3 heterocycles. The zero-order valence-corrected chi connectivity index (χ0v) is 30.8. The first-order chi connectivity index (χ1) is 25.0. The highest BCUT2D eigenvalue weighted by atomic mass is 32.1. The quantitative estimate of drug-likeness (QED) is 0.114. The molecular weight excluding hydrogens is 679 g/mol. The number of aromatic nitrogens is 2. The second kappa shape index (κ2) is 18.3. The molecule has 0 saturated carbocycles. The van der Waals surface area contributed by atoms with E-state index in [4.69, 9.17) is 4.74 Å². The van der Waals surface area contributed by atoms with Gasteiger partial charge in [0, 0.05) is 49.0 Å². The molecule has 0 bridgehead atoms. The zero-order valence-electron chi connectivity index (χ0n) is 30.0. The van der Waals surface area contributed by atoms with Crippen molar-refractivity contribution in [1.82, 2.24) is 30.8 Å². The SMILES string of the molecule is CC(C)C[C@H](NC(=O)OCc1ccccc1)C(=O)N[C@H]1CCN(C(=O)[C@H](CC(C)C)NC(=O)c2ccc(-c3cnc(Nc4ccncc4)s3)cc2)C1. The number of alkyl carbamates (subject to hydrolysis) is 1. The normalized spacial score (nSPS) is 15.2. The van der Waals surface area contributed by atoms with Crippen LogP contribution in [0.2, 0.25) is 0 Å². The minimum absolute atomic E-state index is 0.0986. The second-order valence-electron chi connectivity index (χ2n) is 13.8. The van der Waals surface area contributed by atoms with Gasteiger partial charge in [-0.3, -0.25) is 19.4 Å². The third kappa shape index (κ3) is 11.1. The van der Waals surface area contributed by atoms with E-state index in [1.165, 1.54) is 11.3 Å². The van der Waals surface area contributed by atoms with Crippen molar-refractivity contribution in [3.05, 3.63) is 96.4 Å². The molecule has 0 aliphatic carbocycles. The van der Waals surface area contributed by atoms with Crippen LogP contribution in [0, 0.1) is 11.8 Å². The Morgan fingerprint density at radius 1 is 0.885 bits per heavy atom. The summed E-state index contributed by atoms with van der Waals surface area (Å²) in [5, 5.41) is 12.7. The van der Waals surface area contributed by atoms with Crippen LogP contribution in [-0.2, 0) is 20.9 Å². The number of amides is 4. The highest BCUT2D eigenvalue weighted by molar-refractivity contribution is 7.18. The van der Waals surface area contributed by atoms with Crippen molar-refractivity contribution < 1.29 is 23.9 Å². The summed E-state index contributed by atoms with van der Waals surface area (Å²) in [6.45, 7) is 8.82. The molecule has 13 heteroatoms. The van der Waals surface area contributed by atoms with Gasteiger partial charge in [0.1, 0.15) is 18.7 Å². The monoisotopic (exact) mass is 725 g/mol. The van der Waals surface area contributed by atoms with Crippen LogP contribution in [0.25, 0.3) is 10.4 Å². The van der Waals surface area contributed by atoms with Crippen molar-refractivity contribution >= 4 is 46.0 Å². The molecule has 1 aliphatic heterocycles. The van der Waals surface area contributed by atoms with Gasteiger partial charge in [-0.1, -0.05) is 81.5 Å². The number of likely N-dealkylation sites (tertiary alicyclic amines) is 1. The Balaban J connectivity index is 1.14. The Morgan fingerprint density at radius 2 is 1.58 bits per heavy atom. The number of pyridine rings is 1. The van der Waals surface area contributed by atoms with E-state index in [0.29, 0.717) is 37.9 Å². The fraction of sp³-hybridized carbons (Fsp3) is 0.385. The van der Waals surface area contributed by atoms with Crippen molar-refractivity contribution in [2.24, 2.45) is 11.8 Å². The summed E-state index contributed by atoms with van der Waals surface area (Å²) in [4.78, 5) is 64.2. The van der Waals surface area contributed by atoms with Crippen molar-refractivity contribution in [1.29, 1.82) is 0 Å². The van der Waals surface area contributed by atoms with Crippen LogP contribution in [0.3, 0.4) is 0 Å². The number of rotatable bonds is 15. The van der Waals surface area contributed by atoms with Gasteiger partial charge >= 0.3 is 6.09 Å². The smallest absolute Gasteiger partial charge is 0.408 e. The van der Waals surface area contributed by atoms with Crippen LogP contribution in [-0.4, -0.2) is 69.9 Å². The standard InChI is InChI=1S/C39H47N7O5S/c1-25(2)20-32(45-39(50)51-24-27-8-6-5-7-9-27)36(48)42-31-16-19-46(23-31)37(49)33(21-26(3)4)44-35(47)29-12-10-28(11-13-29)34-22-41-38(52-34)43-30-14-17-40-18-15-30/h5-15,17-18,22,25-26,31-33H,16,19-21,23-24H2,1-4H3,(H,42,48)(H,44,47)(H,45,50)(H,40,41,43)/t31-,32-,33-/m0/s1. The lowest BCUT2D eigenvalue weighted by Crippen LogP contribution is -2.52. The summed E-state index contributed by atoms with van der Waals surface area (Å²) >= 11 is 1.50. The fourth-order valence-electron chi connectivity index (χ4n) is 5.95. The molecule has 274 valence electrons. The highest BCUT2D eigenvalue weighted by Crippen LogP contribution is 2.31. The van der Waals surface area contributed by atoms with Crippen molar-refractivity contribution in [2.75, 3.05) is 18.4 Å². The van der Waals surface area contributed by atoms with Gasteiger partial charge in [0.25, 0.3) is 5.91 Å². The van der Waals surface area contributed by atoms with Crippen molar-refractivity contribution in [2.45, 2.75) is 71.7 Å². The first-order valence-electron chi connectivity index (χ1n) is 17.6. The van der Waals surface area contributed by atoms with Gasteiger partial charge in [0.2, 0.25) is 11.8 Å². The number of hydrogen-bond acceptors (Lipinski definition) is 9. The van der Waals surface area contributed by atoms with Crippen LogP contribution in [0.1, 0.15) is 62.9 Å². The number of anilines is 2. The Kier molecular flexibility index (Phi) is 13.3. The average Bonchev–Trinajstić information content (AvgIpc) is 3.80. The molecule has 0 radical (unpaired) electrons. The molecule has 0 unspecified atom stereocenters. The molecule has 2 aromatic carbocycles. The molecule has 2 aromatic heterocycles. The van der Waals surface area contributed by atoms with Crippen molar-refractivity contribution in [3.63, 3.8) is 0 Å². The third-order valence-corrected chi connectivity index (χ3v) is 9.52. The van der Waals surface area contributed by atoms with E-state index in [2.05, 4.69) is 31.2 Å². The molecule has 3 atom stereocenters. The van der Waals surface area contributed by atoms with Gasteiger partial charge in [-0.25, -0.2) is 9.78 Å². The Hall–Kier alpha value is -5.30. The van der Waals surface area contributed by atoms with Crippen LogP contribution in [0.5, 0.6) is 0 Å². The topological polar surface area (TPSA) is 155 Å². The summed E-state index contributed by atoms with van der Waals surface area (Å²) < 4.78 is 5.35. The van der Waals surface area contributed by atoms with E-state index in [-0.39, 0.29) is 42.2 Å². The van der Waals surface area contributed by atoms with E-state index < -0.39 is 18.2 Å². The molecule has 4 aromatic rings. The van der Waals surface area contributed by atoms with Gasteiger partial charge in [0.05, 0.1) is 4.88 Å². The van der Waals surface area contributed by atoms with Gasteiger partial charge in [-0.15, -0.1) is 0 Å². The molecule has 4 N–H and O–H groups in total. The summed E-state index contributed by atoms with van der Waals surface area (Å²) in [5.41, 5.74) is 3.11. The van der Waals surface area contributed by atoms with Gasteiger partial charge < -0.3 is 30.9 Å². The fourth-order valence-corrected chi connectivity index (χ4v) is 6.80. The predicted molar refractivity (Wildman–Crippen MR) is 202 cm³/mol. The maximum atomic E-state index is 13.8. The lowest BCUT2D eigenvalue weighted by atomic mass is 10.0. The maximum Gasteiger partial charge on any atom is 0.408 e. The number of carbonyl (C=O) groups is 4. The van der Waals surface area contributed by atoms with E-state index in [9.17, 15) is 19.2 Å². The van der Waals surface area contributed by atoms with Gasteiger partial charge in [0.15, 0.2) is 5.13 Å². The predicted octanol–water partition coefficient (Wildman–Crippen LogP) is 6.15. The molecule has 5 rings (SSSR count).